The Bertz CT molecular complexity index is 772. The van der Waals surface area contributed by atoms with E-state index in [0.29, 0.717) is 44.1 Å². The standard InChI is InChI=1S/C18H22F2N4O2/c1-11(21-2)9-16-22-17(26-23-16)12-5-7-24(8-6-12)18(25)14-4-3-13(19)10-15(14)20/h3-4,10-12,21H,5-9H2,1-2H3. The predicted octanol–water partition coefficient (Wildman–Crippen LogP) is 2.52. The normalized spacial score (nSPS) is 16.7. The Hall–Kier alpha value is -2.35. The molecule has 26 heavy (non-hydrogen) atoms. The van der Waals surface area contributed by atoms with Crippen molar-refractivity contribution in [3.05, 3.63) is 47.1 Å². The van der Waals surface area contributed by atoms with Gasteiger partial charge >= 0.3 is 0 Å². The molecule has 1 N–H and O–H groups in total. The maximum absolute atomic E-state index is 13.8. The van der Waals surface area contributed by atoms with Gasteiger partial charge in [0.1, 0.15) is 11.6 Å². The molecule has 1 aromatic carbocycles. The average Bonchev–Trinajstić information content (AvgIpc) is 3.09. The lowest BCUT2D eigenvalue weighted by atomic mass is 9.96. The molecule has 2 aromatic rings. The fraction of sp³-hybridized carbons (Fsp3) is 0.500. The van der Waals surface area contributed by atoms with E-state index >= 15 is 0 Å². The van der Waals surface area contributed by atoms with Gasteiger partial charge in [0.25, 0.3) is 5.91 Å². The van der Waals surface area contributed by atoms with Crippen LogP contribution < -0.4 is 5.32 Å². The van der Waals surface area contributed by atoms with Crippen LogP contribution in [0.15, 0.2) is 22.7 Å². The number of nitrogens with zero attached hydrogens (tertiary/aromatic N) is 3. The molecule has 2 heterocycles. The minimum absolute atomic E-state index is 0.0863. The molecule has 1 aromatic heterocycles. The van der Waals surface area contributed by atoms with Crippen LogP contribution in [0.5, 0.6) is 0 Å². The molecule has 3 rings (SSSR count). The summed E-state index contributed by atoms with van der Waals surface area (Å²) in [4.78, 5) is 18.5. The van der Waals surface area contributed by atoms with Crippen molar-refractivity contribution in [2.75, 3.05) is 20.1 Å². The zero-order valence-electron chi connectivity index (χ0n) is 14.8. The maximum Gasteiger partial charge on any atom is 0.256 e. The number of carbonyl (C=O) groups is 1. The van der Waals surface area contributed by atoms with Crippen LogP contribution in [0.4, 0.5) is 8.78 Å². The number of hydrogen-bond donors (Lipinski definition) is 1. The molecular formula is C18H22F2N4O2. The van der Waals surface area contributed by atoms with Crippen LogP contribution in [-0.4, -0.2) is 47.1 Å². The van der Waals surface area contributed by atoms with Crippen LogP contribution in [0.25, 0.3) is 0 Å². The summed E-state index contributed by atoms with van der Waals surface area (Å²) < 4.78 is 32.2. The zero-order chi connectivity index (χ0) is 18.7. The summed E-state index contributed by atoms with van der Waals surface area (Å²) in [5.41, 5.74) is -0.106. The number of hydrogen-bond acceptors (Lipinski definition) is 5. The Morgan fingerprint density at radius 3 is 2.77 bits per heavy atom. The van der Waals surface area contributed by atoms with Gasteiger partial charge < -0.3 is 14.7 Å². The number of rotatable bonds is 5. The lowest BCUT2D eigenvalue weighted by Crippen LogP contribution is -2.38. The minimum Gasteiger partial charge on any atom is -0.339 e. The summed E-state index contributed by atoms with van der Waals surface area (Å²) in [5, 5.41) is 7.13. The first kappa shape index (κ1) is 18.4. The van der Waals surface area contributed by atoms with E-state index in [2.05, 4.69) is 15.5 Å². The molecule has 1 unspecified atom stereocenters. The van der Waals surface area contributed by atoms with E-state index in [9.17, 15) is 13.6 Å². The molecular weight excluding hydrogens is 342 g/mol. The predicted molar refractivity (Wildman–Crippen MR) is 90.8 cm³/mol. The molecule has 1 aliphatic rings. The highest BCUT2D eigenvalue weighted by atomic mass is 19.1. The van der Waals surface area contributed by atoms with Crippen molar-refractivity contribution in [1.29, 1.82) is 0 Å². The van der Waals surface area contributed by atoms with E-state index < -0.39 is 17.5 Å². The third kappa shape index (κ3) is 4.07. The Morgan fingerprint density at radius 1 is 1.38 bits per heavy atom. The highest BCUT2D eigenvalue weighted by Crippen LogP contribution is 2.28. The molecule has 0 radical (unpaired) electrons. The van der Waals surface area contributed by atoms with Gasteiger partial charge in [0.2, 0.25) is 5.89 Å². The van der Waals surface area contributed by atoms with Crippen LogP contribution in [0.1, 0.15) is 47.8 Å². The van der Waals surface area contributed by atoms with Gasteiger partial charge in [-0.1, -0.05) is 5.16 Å². The van der Waals surface area contributed by atoms with Gasteiger partial charge in [0.15, 0.2) is 5.82 Å². The first-order valence-electron chi connectivity index (χ1n) is 8.72. The van der Waals surface area contributed by atoms with E-state index in [0.717, 1.165) is 12.1 Å². The van der Waals surface area contributed by atoms with Crippen LogP contribution in [0, 0.1) is 11.6 Å². The molecule has 1 aliphatic heterocycles. The monoisotopic (exact) mass is 364 g/mol. The van der Waals surface area contributed by atoms with Crippen molar-refractivity contribution < 1.29 is 18.1 Å². The van der Waals surface area contributed by atoms with Gasteiger partial charge in [0.05, 0.1) is 5.56 Å². The number of halogens is 2. The molecule has 8 heteroatoms. The Balaban J connectivity index is 1.59. The fourth-order valence-corrected chi connectivity index (χ4v) is 3.05. The molecule has 1 fully saturated rings. The fourth-order valence-electron chi connectivity index (χ4n) is 3.05. The molecule has 0 bridgehead atoms. The summed E-state index contributed by atoms with van der Waals surface area (Å²) in [6.07, 6.45) is 2.01. The molecule has 0 saturated carbocycles. The Morgan fingerprint density at radius 2 is 2.12 bits per heavy atom. The first-order chi connectivity index (χ1) is 12.5. The van der Waals surface area contributed by atoms with Gasteiger partial charge in [0, 0.05) is 37.5 Å². The van der Waals surface area contributed by atoms with Gasteiger partial charge in [-0.25, -0.2) is 8.78 Å². The minimum atomic E-state index is -0.836. The topological polar surface area (TPSA) is 71.3 Å². The molecule has 140 valence electrons. The lowest BCUT2D eigenvalue weighted by Gasteiger charge is -2.30. The summed E-state index contributed by atoms with van der Waals surface area (Å²) in [7, 11) is 1.88. The quantitative estimate of drug-likeness (QED) is 0.883. The van der Waals surface area contributed by atoms with Crippen molar-refractivity contribution >= 4 is 5.91 Å². The van der Waals surface area contributed by atoms with Crippen molar-refractivity contribution in [1.82, 2.24) is 20.4 Å². The van der Waals surface area contributed by atoms with Crippen molar-refractivity contribution in [2.45, 2.75) is 38.1 Å². The van der Waals surface area contributed by atoms with Crippen LogP contribution in [0.2, 0.25) is 0 Å². The number of carbonyl (C=O) groups excluding carboxylic acids is 1. The van der Waals surface area contributed by atoms with E-state index in [-0.39, 0.29) is 17.5 Å². The van der Waals surface area contributed by atoms with Crippen molar-refractivity contribution in [3.8, 4) is 0 Å². The molecule has 6 nitrogen and oxygen atoms in total. The number of benzene rings is 1. The molecule has 1 saturated heterocycles. The highest BCUT2D eigenvalue weighted by Gasteiger charge is 2.29. The number of likely N-dealkylation sites (N-methyl/N-ethyl adjacent to an activating group) is 1. The number of piperidine rings is 1. The molecule has 1 atom stereocenters. The van der Waals surface area contributed by atoms with E-state index in [1.165, 1.54) is 6.07 Å². The van der Waals surface area contributed by atoms with E-state index in [1.54, 1.807) is 4.90 Å². The Kier molecular flexibility index (Phi) is 5.61. The molecule has 0 spiro atoms. The number of nitrogens with one attached hydrogen (secondary N) is 1. The molecule has 0 aliphatic carbocycles. The smallest absolute Gasteiger partial charge is 0.256 e. The van der Waals surface area contributed by atoms with Gasteiger partial charge in [-0.15, -0.1) is 0 Å². The van der Waals surface area contributed by atoms with Crippen LogP contribution in [-0.2, 0) is 6.42 Å². The molecule has 1 amide bonds. The third-order valence-corrected chi connectivity index (χ3v) is 4.76. The number of aromatic nitrogens is 2. The second-order valence-electron chi connectivity index (χ2n) is 6.63. The van der Waals surface area contributed by atoms with E-state index in [4.69, 9.17) is 4.52 Å². The number of amides is 1. The zero-order valence-corrected chi connectivity index (χ0v) is 14.8. The SMILES string of the molecule is CNC(C)Cc1noc(C2CCN(C(=O)c3ccc(F)cc3F)CC2)n1. The van der Waals surface area contributed by atoms with Gasteiger partial charge in [-0.2, -0.15) is 4.98 Å². The average molecular weight is 364 g/mol. The van der Waals surface area contributed by atoms with Gasteiger partial charge in [-0.05, 0) is 38.9 Å². The maximum atomic E-state index is 13.8. The van der Waals surface area contributed by atoms with E-state index in [1.807, 2.05) is 14.0 Å². The second-order valence-corrected chi connectivity index (χ2v) is 6.63. The third-order valence-electron chi connectivity index (χ3n) is 4.76. The summed E-state index contributed by atoms with van der Waals surface area (Å²) in [6.45, 7) is 2.96. The van der Waals surface area contributed by atoms with Crippen molar-refractivity contribution in [2.24, 2.45) is 0 Å². The van der Waals surface area contributed by atoms with Crippen LogP contribution >= 0.6 is 0 Å². The summed E-state index contributed by atoms with van der Waals surface area (Å²) in [6, 6.07) is 3.26. The summed E-state index contributed by atoms with van der Waals surface area (Å²) in [5.74, 6) is -0.620. The number of likely N-dealkylation sites (tertiary alicyclic amines) is 1. The Labute approximate surface area is 150 Å². The highest BCUT2D eigenvalue weighted by molar-refractivity contribution is 5.94. The second kappa shape index (κ2) is 7.90. The lowest BCUT2D eigenvalue weighted by molar-refractivity contribution is 0.0699. The first-order valence-corrected chi connectivity index (χ1v) is 8.72. The van der Waals surface area contributed by atoms with Gasteiger partial charge in [-0.3, -0.25) is 4.79 Å². The summed E-state index contributed by atoms with van der Waals surface area (Å²) >= 11 is 0. The van der Waals surface area contributed by atoms with Crippen molar-refractivity contribution in [3.63, 3.8) is 0 Å². The van der Waals surface area contributed by atoms with Crippen LogP contribution in [0.3, 0.4) is 0 Å². The largest absolute Gasteiger partial charge is 0.339 e.